The van der Waals surface area contributed by atoms with E-state index in [1.165, 1.54) is 31.4 Å². The maximum absolute atomic E-state index is 12.1. The lowest BCUT2D eigenvalue weighted by Gasteiger charge is -2.07. The Morgan fingerprint density at radius 2 is 1.81 bits per heavy atom. The molecule has 0 atom stereocenters. The van der Waals surface area contributed by atoms with E-state index in [0.717, 1.165) is 6.26 Å². The van der Waals surface area contributed by atoms with Crippen molar-refractivity contribution in [2.24, 2.45) is 0 Å². The molecule has 0 saturated heterocycles. The summed E-state index contributed by atoms with van der Waals surface area (Å²) in [6.07, 6.45) is 1.11. The van der Waals surface area contributed by atoms with Gasteiger partial charge in [0, 0.05) is 11.8 Å². The maximum atomic E-state index is 12.1. The average molecular weight is 397 g/mol. The number of rotatable bonds is 7. The molecular formula is C18H17ClO6S. The number of esters is 1. The Morgan fingerprint density at radius 1 is 1.08 bits per heavy atom. The number of hydrogen-bond acceptors (Lipinski definition) is 6. The summed E-state index contributed by atoms with van der Waals surface area (Å²) < 4.78 is 32.7. The Balaban J connectivity index is 2.03. The normalized spacial score (nSPS) is 11.0. The lowest BCUT2D eigenvalue weighted by Crippen LogP contribution is -2.14. The molecule has 138 valence electrons. The Kier molecular flexibility index (Phi) is 6.39. The molecule has 0 amide bonds. The van der Waals surface area contributed by atoms with Crippen molar-refractivity contribution in [2.75, 3.05) is 20.0 Å². The van der Waals surface area contributed by atoms with Crippen LogP contribution in [0.15, 0.2) is 42.5 Å². The van der Waals surface area contributed by atoms with Crippen molar-refractivity contribution < 1.29 is 27.5 Å². The van der Waals surface area contributed by atoms with Crippen LogP contribution >= 0.6 is 11.6 Å². The van der Waals surface area contributed by atoms with Gasteiger partial charge in [-0.15, -0.1) is 0 Å². The van der Waals surface area contributed by atoms with Crippen LogP contribution in [-0.2, 0) is 20.3 Å². The summed E-state index contributed by atoms with van der Waals surface area (Å²) >= 11 is 5.97. The number of halogens is 1. The number of carbonyl (C=O) groups is 2. The number of hydrogen-bond donors (Lipinski definition) is 0. The molecule has 0 radical (unpaired) electrons. The molecule has 2 rings (SSSR count). The van der Waals surface area contributed by atoms with Gasteiger partial charge in [-0.2, -0.15) is 0 Å². The molecule has 2 aromatic rings. The molecule has 0 fully saturated rings. The second-order valence-corrected chi connectivity index (χ2v) is 8.17. The second kappa shape index (κ2) is 8.33. The third-order valence-corrected chi connectivity index (χ3v) is 4.55. The molecule has 0 aliphatic rings. The Hall–Kier alpha value is -2.38. The smallest absolute Gasteiger partial charge is 0.338 e. The molecular weight excluding hydrogens is 380 g/mol. The first-order chi connectivity index (χ1) is 12.2. The zero-order valence-electron chi connectivity index (χ0n) is 14.2. The first-order valence-electron chi connectivity index (χ1n) is 7.50. The Morgan fingerprint density at radius 3 is 2.42 bits per heavy atom. The van der Waals surface area contributed by atoms with Crippen molar-refractivity contribution in [3.05, 3.63) is 64.2 Å². The zero-order chi connectivity index (χ0) is 19.3. The van der Waals surface area contributed by atoms with E-state index < -0.39 is 28.2 Å². The second-order valence-electron chi connectivity index (χ2n) is 5.62. The third kappa shape index (κ3) is 5.57. The van der Waals surface area contributed by atoms with Crippen LogP contribution in [0.5, 0.6) is 5.75 Å². The van der Waals surface area contributed by atoms with Gasteiger partial charge < -0.3 is 9.47 Å². The van der Waals surface area contributed by atoms with Crippen molar-refractivity contribution in [2.45, 2.75) is 5.75 Å². The van der Waals surface area contributed by atoms with Crippen LogP contribution in [0.3, 0.4) is 0 Å². The first kappa shape index (κ1) is 19.9. The fourth-order valence-electron chi connectivity index (χ4n) is 2.23. The summed E-state index contributed by atoms with van der Waals surface area (Å²) in [7, 11) is -1.76. The van der Waals surface area contributed by atoms with E-state index in [1.807, 2.05) is 0 Å². The molecule has 6 nitrogen and oxygen atoms in total. The molecule has 0 heterocycles. The number of carbonyl (C=O) groups excluding carboxylic acids is 2. The van der Waals surface area contributed by atoms with Gasteiger partial charge in [0.15, 0.2) is 22.2 Å². The summed E-state index contributed by atoms with van der Waals surface area (Å²) in [6.45, 7) is -0.461. The number of sulfone groups is 1. The van der Waals surface area contributed by atoms with Crippen molar-refractivity contribution in [1.29, 1.82) is 0 Å². The zero-order valence-corrected chi connectivity index (χ0v) is 15.8. The van der Waals surface area contributed by atoms with E-state index in [9.17, 15) is 18.0 Å². The van der Waals surface area contributed by atoms with E-state index in [2.05, 4.69) is 0 Å². The van der Waals surface area contributed by atoms with E-state index >= 15 is 0 Å². The molecule has 26 heavy (non-hydrogen) atoms. The van der Waals surface area contributed by atoms with Gasteiger partial charge in [0.2, 0.25) is 0 Å². The fourth-order valence-corrected chi connectivity index (χ4v) is 3.27. The van der Waals surface area contributed by atoms with Crippen LogP contribution in [-0.4, -0.2) is 40.1 Å². The van der Waals surface area contributed by atoms with Crippen LogP contribution in [0.4, 0.5) is 0 Å². The van der Waals surface area contributed by atoms with Crippen molar-refractivity contribution >= 4 is 33.2 Å². The van der Waals surface area contributed by atoms with Crippen molar-refractivity contribution in [1.82, 2.24) is 0 Å². The van der Waals surface area contributed by atoms with Crippen LogP contribution in [0.2, 0.25) is 5.02 Å². The topological polar surface area (TPSA) is 86.7 Å². The monoisotopic (exact) mass is 396 g/mol. The van der Waals surface area contributed by atoms with Crippen molar-refractivity contribution in [3.8, 4) is 5.75 Å². The molecule has 8 heteroatoms. The molecule has 0 N–H and O–H groups in total. The SMILES string of the molecule is COc1ccc(C(=O)COC(=O)c2cccc(CS(C)(=O)=O)c2)cc1Cl. The Labute approximate surface area is 156 Å². The van der Waals surface area contributed by atoms with Gasteiger partial charge in [-0.1, -0.05) is 23.7 Å². The summed E-state index contributed by atoms with van der Waals surface area (Å²) in [5.74, 6) is -0.886. The van der Waals surface area contributed by atoms with Gasteiger partial charge in [-0.05, 0) is 35.9 Å². The number of ether oxygens (including phenoxy) is 2. The predicted octanol–water partition coefficient (Wildman–Crippen LogP) is 2.93. The minimum Gasteiger partial charge on any atom is -0.495 e. The van der Waals surface area contributed by atoms with E-state index in [-0.39, 0.29) is 21.9 Å². The molecule has 0 saturated carbocycles. The molecule has 0 aliphatic heterocycles. The average Bonchev–Trinajstić information content (AvgIpc) is 2.58. The lowest BCUT2D eigenvalue weighted by atomic mass is 10.1. The van der Waals surface area contributed by atoms with Gasteiger partial charge >= 0.3 is 5.97 Å². The highest BCUT2D eigenvalue weighted by Crippen LogP contribution is 2.25. The predicted molar refractivity (Wildman–Crippen MR) is 97.6 cm³/mol. The van der Waals surface area contributed by atoms with E-state index in [4.69, 9.17) is 21.1 Å². The van der Waals surface area contributed by atoms with Gasteiger partial charge in [0.1, 0.15) is 5.75 Å². The minimum atomic E-state index is -3.22. The standard InChI is InChI=1S/C18H17ClO6S/c1-24-17-7-6-13(9-15(17)19)16(20)10-25-18(21)14-5-3-4-12(8-14)11-26(2,22)23/h3-9H,10-11H2,1-2H3. The quantitative estimate of drug-likeness (QED) is 0.528. The van der Waals surface area contributed by atoms with Crippen LogP contribution in [0, 0.1) is 0 Å². The molecule has 0 bridgehead atoms. The minimum absolute atomic E-state index is 0.173. The van der Waals surface area contributed by atoms with Gasteiger partial charge in [0.25, 0.3) is 0 Å². The van der Waals surface area contributed by atoms with Crippen molar-refractivity contribution in [3.63, 3.8) is 0 Å². The molecule has 0 aromatic heterocycles. The highest BCUT2D eigenvalue weighted by atomic mass is 35.5. The van der Waals surface area contributed by atoms with Gasteiger partial charge in [0.05, 0.1) is 23.4 Å². The number of benzene rings is 2. The largest absolute Gasteiger partial charge is 0.495 e. The van der Waals surface area contributed by atoms with Crippen LogP contribution < -0.4 is 4.74 Å². The maximum Gasteiger partial charge on any atom is 0.338 e. The first-order valence-corrected chi connectivity index (χ1v) is 9.94. The number of methoxy groups -OCH3 is 1. The molecule has 2 aromatic carbocycles. The summed E-state index contributed by atoms with van der Waals surface area (Å²) in [4.78, 5) is 24.2. The highest BCUT2D eigenvalue weighted by Gasteiger charge is 2.14. The fraction of sp³-hybridized carbons (Fsp3) is 0.222. The third-order valence-electron chi connectivity index (χ3n) is 3.40. The lowest BCUT2D eigenvalue weighted by molar-refractivity contribution is 0.0474. The summed E-state index contributed by atoms with van der Waals surface area (Å²) in [6, 6.07) is 10.6. The number of ketones is 1. The van der Waals surface area contributed by atoms with Crippen LogP contribution in [0.25, 0.3) is 0 Å². The van der Waals surface area contributed by atoms with E-state index in [1.54, 1.807) is 18.2 Å². The summed E-state index contributed by atoms with van der Waals surface area (Å²) in [5, 5.41) is 0.276. The number of Topliss-reactive ketones (excluding diaryl/α,β-unsaturated/α-hetero) is 1. The van der Waals surface area contributed by atoms with Gasteiger partial charge in [-0.25, -0.2) is 13.2 Å². The summed E-state index contributed by atoms with van der Waals surface area (Å²) in [5.41, 5.74) is 0.927. The van der Waals surface area contributed by atoms with Crippen LogP contribution in [0.1, 0.15) is 26.3 Å². The van der Waals surface area contributed by atoms with E-state index in [0.29, 0.717) is 11.3 Å². The molecule has 0 aliphatic carbocycles. The van der Waals surface area contributed by atoms with Gasteiger partial charge in [-0.3, -0.25) is 4.79 Å². The molecule has 0 unspecified atom stereocenters. The Bertz CT molecular complexity index is 936. The highest BCUT2D eigenvalue weighted by molar-refractivity contribution is 7.89. The molecule has 0 spiro atoms.